The number of hydrogen-bond donors (Lipinski definition) is 2. The zero-order chi connectivity index (χ0) is 11.5. The lowest BCUT2D eigenvalue weighted by Gasteiger charge is -2.06. The topological polar surface area (TPSA) is 57.8 Å². The second kappa shape index (κ2) is 4.18. The Morgan fingerprint density at radius 2 is 1.94 bits per heavy atom. The fraction of sp³-hybridized carbons (Fsp3) is 0.167. The van der Waals surface area contributed by atoms with E-state index in [4.69, 9.17) is 0 Å². The summed E-state index contributed by atoms with van der Waals surface area (Å²) in [5.41, 5.74) is 2.18. The Labute approximate surface area is 93.4 Å². The van der Waals surface area contributed by atoms with E-state index in [1.54, 1.807) is 14.0 Å². The number of rotatable bonds is 2. The second-order valence-electron chi connectivity index (χ2n) is 3.50. The normalized spacial score (nSPS) is 10.1. The first-order valence-electron chi connectivity index (χ1n) is 5.06. The first-order valence-corrected chi connectivity index (χ1v) is 5.06. The summed E-state index contributed by atoms with van der Waals surface area (Å²) in [6.45, 7) is 1.77. The second-order valence-corrected chi connectivity index (χ2v) is 3.50. The van der Waals surface area contributed by atoms with E-state index < -0.39 is 0 Å². The Morgan fingerprint density at radius 3 is 2.56 bits per heavy atom. The molecule has 0 spiro atoms. The Hall–Kier alpha value is -2.10. The van der Waals surface area contributed by atoms with Crippen LogP contribution < -0.4 is 10.9 Å². The molecule has 2 N–H and O–H groups in total. The summed E-state index contributed by atoms with van der Waals surface area (Å²) in [6.07, 6.45) is 0. The van der Waals surface area contributed by atoms with Gasteiger partial charge in [-0.2, -0.15) is 0 Å². The van der Waals surface area contributed by atoms with Crippen LogP contribution in [-0.4, -0.2) is 17.0 Å². The van der Waals surface area contributed by atoms with Gasteiger partial charge in [-0.15, -0.1) is 0 Å². The lowest BCUT2D eigenvalue weighted by Crippen LogP contribution is -2.15. The molecule has 0 fully saturated rings. The summed E-state index contributed by atoms with van der Waals surface area (Å²) in [7, 11) is 1.72. The van der Waals surface area contributed by atoms with Crippen molar-refractivity contribution < 1.29 is 0 Å². The van der Waals surface area contributed by atoms with E-state index in [1.807, 2.05) is 30.3 Å². The number of aromatic nitrogens is 2. The molecule has 0 aliphatic rings. The highest BCUT2D eigenvalue weighted by Crippen LogP contribution is 2.18. The summed E-state index contributed by atoms with van der Waals surface area (Å²) >= 11 is 0. The maximum Gasteiger partial charge on any atom is 0.255 e. The van der Waals surface area contributed by atoms with E-state index in [-0.39, 0.29) is 5.56 Å². The van der Waals surface area contributed by atoms with Gasteiger partial charge >= 0.3 is 0 Å². The largest absolute Gasteiger partial charge is 0.359 e. The van der Waals surface area contributed by atoms with Crippen LogP contribution in [0.2, 0.25) is 0 Å². The van der Waals surface area contributed by atoms with Crippen molar-refractivity contribution in [3.05, 3.63) is 46.2 Å². The third-order valence-electron chi connectivity index (χ3n) is 2.44. The van der Waals surface area contributed by atoms with E-state index in [9.17, 15) is 4.79 Å². The van der Waals surface area contributed by atoms with Gasteiger partial charge in [0.25, 0.3) is 5.56 Å². The molecule has 0 bridgehead atoms. The molecule has 2 rings (SSSR count). The standard InChI is InChI=1S/C12H13N3O/c1-8-10(9-6-4-3-5-7-9)14-12(13-2)15-11(8)16/h3-7H,1-2H3,(H2,13,14,15,16). The van der Waals surface area contributed by atoms with Crippen LogP contribution in [0.25, 0.3) is 11.3 Å². The molecule has 0 saturated heterocycles. The van der Waals surface area contributed by atoms with Crippen LogP contribution in [0.15, 0.2) is 35.1 Å². The summed E-state index contributed by atoms with van der Waals surface area (Å²) in [6, 6.07) is 9.67. The first kappa shape index (κ1) is 10.4. The van der Waals surface area contributed by atoms with Gasteiger partial charge in [-0.1, -0.05) is 30.3 Å². The van der Waals surface area contributed by atoms with E-state index in [1.165, 1.54) is 0 Å². The Morgan fingerprint density at radius 1 is 1.25 bits per heavy atom. The Bertz CT molecular complexity index is 546. The maximum absolute atomic E-state index is 11.7. The minimum Gasteiger partial charge on any atom is -0.359 e. The molecule has 16 heavy (non-hydrogen) atoms. The molecule has 82 valence electrons. The molecule has 0 atom stereocenters. The van der Waals surface area contributed by atoms with Crippen LogP contribution >= 0.6 is 0 Å². The molecule has 0 amide bonds. The minimum absolute atomic E-state index is 0.113. The fourth-order valence-corrected chi connectivity index (χ4v) is 1.53. The van der Waals surface area contributed by atoms with Gasteiger partial charge in [0.2, 0.25) is 5.95 Å². The Balaban J connectivity index is 2.65. The minimum atomic E-state index is -0.113. The molecule has 1 aromatic carbocycles. The number of nitrogens with one attached hydrogen (secondary N) is 2. The summed E-state index contributed by atoms with van der Waals surface area (Å²) < 4.78 is 0. The molecule has 0 saturated carbocycles. The van der Waals surface area contributed by atoms with Gasteiger partial charge in [0, 0.05) is 18.2 Å². The third kappa shape index (κ3) is 1.82. The highest BCUT2D eigenvalue weighted by atomic mass is 16.1. The van der Waals surface area contributed by atoms with Gasteiger partial charge in [-0.3, -0.25) is 9.78 Å². The van der Waals surface area contributed by atoms with Crippen molar-refractivity contribution in [2.75, 3.05) is 12.4 Å². The van der Waals surface area contributed by atoms with Crippen LogP contribution in [0.1, 0.15) is 5.56 Å². The Kier molecular flexibility index (Phi) is 2.72. The van der Waals surface area contributed by atoms with Gasteiger partial charge in [-0.05, 0) is 6.92 Å². The van der Waals surface area contributed by atoms with Gasteiger partial charge in [-0.25, -0.2) is 4.98 Å². The predicted molar refractivity (Wildman–Crippen MR) is 64.6 cm³/mol. The third-order valence-corrected chi connectivity index (χ3v) is 2.44. The summed E-state index contributed by atoms with van der Waals surface area (Å²) in [5.74, 6) is 0.481. The number of anilines is 1. The number of aromatic amines is 1. The van der Waals surface area contributed by atoms with Crippen LogP contribution in [0.5, 0.6) is 0 Å². The molecular weight excluding hydrogens is 202 g/mol. The van der Waals surface area contributed by atoms with Crippen molar-refractivity contribution in [3.8, 4) is 11.3 Å². The molecule has 0 aliphatic carbocycles. The maximum atomic E-state index is 11.7. The van der Waals surface area contributed by atoms with Crippen LogP contribution in [0.4, 0.5) is 5.95 Å². The van der Waals surface area contributed by atoms with Crippen molar-refractivity contribution in [1.82, 2.24) is 9.97 Å². The highest BCUT2D eigenvalue weighted by molar-refractivity contribution is 5.63. The molecule has 0 unspecified atom stereocenters. The van der Waals surface area contributed by atoms with Gasteiger partial charge in [0.15, 0.2) is 0 Å². The lowest BCUT2D eigenvalue weighted by molar-refractivity contribution is 1.08. The van der Waals surface area contributed by atoms with Crippen LogP contribution in [0, 0.1) is 6.92 Å². The number of benzene rings is 1. The number of nitrogens with zero attached hydrogens (tertiary/aromatic N) is 1. The molecule has 4 nitrogen and oxygen atoms in total. The highest BCUT2D eigenvalue weighted by Gasteiger charge is 2.08. The quantitative estimate of drug-likeness (QED) is 0.803. The van der Waals surface area contributed by atoms with Gasteiger partial charge < -0.3 is 5.32 Å². The average Bonchev–Trinajstić information content (AvgIpc) is 2.33. The van der Waals surface area contributed by atoms with Crippen molar-refractivity contribution >= 4 is 5.95 Å². The van der Waals surface area contributed by atoms with Crippen molar-refractivity contribution in [3.63, 3.8) is 0 Å². The average molecular weight is 215 g/mol. The van der Waals surface area contributed by atoms with E-state index in [0.29, 0.717) is 17.2 Å². The SMILES string of the molecule is CNc1nc(-c2ccccc2)c(C)c(=O)[nH]1. The van der Waals surface area contributed by atoms with E-state index in [0.717, 1.165) is 5.56 Å². The zero-order valence-electron chi connectivity index (χ0n) is 9.24. The molecule has 0 aliphatic heterocycles. The van der Waals surface area contributed by atoms with Crippen molar-refractivity contribution in [2.45, 2.75) is 6.92 Å². The zero-order valence-corrected chi connectivity index (χ0v) is 9.24. The van der Waals surface area contributed by atoms with Gasteiger partial charge in [0.05, 0.1) is 5.69 Å². The van der Waals surface area contributed by atoms with E-state index in [2.05, 4.69) is 15.3 Å². The molecule has 1 aromatic heterocycles. The summed E-state index contributed by atoms with van der Waals surface area (Å²) in [4.78, 5) is 18.7. The lowest BCUT2D eigenvalue weighted by atomic mass is 10.1. The molecule has 0 radical (unpaired) electrons. The number of H-pyrrole nitrogens is 1. The van der Waals surface area contributed by atoms with Crippen molar-refractivity contribution in [1.29, 1.82) is 0 Å². The molecular formula is C12H13N3O. The van der Waals surface area contributed by atoms with Crippen molar-refractivity contribution in [2.24, 2.45) is 0 Å². The van der Waals surface area contributed by atoms with E-state index >= 15 is 0 Å². The number of hydrogen-bond acceptors (Lipinski definition) is 3. The smallest absolute Gasteiger partial charge is 0.255 e. The monoisotopic (exact) mass is 215 g/mol. The van der Waals surface area contributed by atoms with Crippen LogP contribution in [-0.2, 0) is 0 Å². The summed E-state index contributed by atoms with van der Waals surface area (Å²) in [5, 5.41) is 2.84. The predicted octanol–water partition coefficient (Wildman–Crippen LogP) is 1.79. The van der Waals surface area contributed by atoms with Crippen LogP contribution in [0.3, 0.4) is 0 Å². The molecule has 1 heterocycles. The molecule has 4 heteroatoms. The first-order chi connectivity index (χ1) is 7.72. The fourth-order valence-electron chi connectivity index (χ4n) is 1.53. The van der Waals surface area contributed by atoms with Gasteiger partial charge in [0.1, 0.15) is 0 Å². The molecule has 2 aromatic rings.